The molecule has 2 aromatic rings. The maximum atomic E-state index is 13.9. The number of carbonyl (C=O) groups is 1. The van der Waals surface area contributed by atoms with Crippen LogP contribution in [-0.2, 0) is 4.74 Å². The molecule has 1 aliphatic heterocycles. The van der Waals surface area contributed by atoms with E-state index in [0.29, 0.717) is 17.2 Å². The zero-order chi connectivity index (χ0) is 16.2. The molecule has 23 heavy (non-hydrogen) atoms. The average molecular weight is 313 g/mol. The number of aryl methyl sites for hydroxylation is 1. The molecule has 0 atom stereocenters. The van der Waals surface area contributed by atoms with Gasteiger partial charge in [0.1, 0.15) is 5.82 Å². The van der Waals surface area contributed by atoms with Crippen LogP contribution in [0.15, 0.2) is 42.5 Å². The number of ether oxygens (including phenoxy) is 1. The fourth-order valence-corrected chi connectivity index (χ4v) is 2.86. The molecule has 0 aliphatic carbocycles. The predicted molar refractivity (Wildman–Crippen MR) is 88.5 cm³/mol. The first kappa shape index (κ1) is 15.7. The standard InChI is InChI=1S/C19H20FNO2/c1-13-3-2-4-17(20)18(13)19(22)14-5-7-15(8-6-14)21-16-9-11-23-12-10-16/h2-8,16,21H,9-12H2,1H3. The van der Waals surface area contributed by atoms with Crippen molar-refractivity contribution in [1.29, 1.82) is 0 Å². The smallest absolute Gasteiger partial charge is 0.196 e. The molecule has 0 spiro atoms. The summed E-state index contributed by atoms with van der Waals surface area (Å²) in [6, 6.07) is 12.3. The van der Waals surface area contributed by atoms with Crippen LogP contribution < -0.4 is 5.32 Å². The minimum atomic E-state index is -0.473. The molecule has 3 nitrogen and oxygen atoms in total. The summed E-state index contributed by atoms with van der Waals surface area (Å²) < 4.78 is 19.3. The molecular formula is C19H20FNO2. The molecule has 0 unspecified atom stereocenters. The maximum Gasteiger partial charge on any atom is 0.196 e. The van der Waals surface area contributed by atoms with Crippen molar-refractivity contribution in [1.82, 2.24) is 0 Å². The quantitative estimate of drug-likeness (QED) is 0.868. The Morgan fingerprint density at radius 1 is 1.13 bits per heavy atom. The van der Waals surface area contributed by atoms with Gasteiger partial charge in [-0.2, -0.15) is 0 Å². The summed E-state index contributed by atoms with van der Waals surface area (Å²) in [5, 5.41) is 3.44. The van der Waals surface area contributed by atoms with Crippen LogP contribution in [0.2, 0.25) is 0 Å². The minimum absolute atomic E-state index is 0.151. The van der Waals surface area contributed by atoms with Gasteiger partial charge in [-0.15, -0.1) is 0 Å². The van der Waals surface area contributed by atoms with E-state index in [0.717, 1.165) is 31.7 Å². The van der Waals surface area contributed by atoms with Gasteiger partial charge < -0.3 is 10.1 Å². The Morgan fingerprint density at radius 2 is 1.83 bits per heavy atom. The van der Waals surface area contributed by atoms with E-state index in [1.807, 2.05) is 12.1 Å². The molecule has 120 valence electrons. The second-order valence-electron chi connectivity index (χ2n) is 5.87. The second kappa shape index (κ2) is 6.92. The van der Waals surface area contributed by atoms with Crippen molar-refractivity contribution < 1.29 is 13.9 Å². The summed E-state index contributed by atoms with van der Waals surface area (Å²) in [4.78, 5) is 12.5. The number of anilines is 1. The van der Waals surface area contributed by atoms with Crippen LogP contribution in [0.4, 0.5) is 10.1 Å². The summed E-state index contributed by atoms with van der Waals surface area (Å²) in [7, 11) is 0. The Morgan fingerprint density at radius 3 is 2.48 bits per heavy atom. The van der Waals surface area contributed by atoms with E-state index in [9.17, 15) is 9.18 Å². The molecule has 0 saturated carbocycles. The molecule has 2 aromatic carbocycles. The zero-order valence-corrected chi connectivity index (χ0v) is 13.1. The third-order valence-corrected chi connectivity index (χ3v) is 4.19. The molecule has 1 fully saturated rings. The van der Waals surface area contributed by atoms with E-state index in [4.69, 9.17) is 4.74 Å². The first-order valence-electron chi connectivity index (χ1n) is 7.89. The third-order valence-electron chi connectivity index (χ3n) is 4.19. The Labute approximate surface area is 135 Å². The molecule has 3 rings (SSSR count). The molecule has 1 saturated heterocycles. The molecule has 4 heteroatoms. The van der Waals surface area contributed by atoms with Gasteiger partial charge in [-0.3, -0.25) is 4.79 Å². The van der Waals surface area contributed by atoms with Gasteiger partial charge >= 0.3 is 0 Å². The van der Waals surface area contributed by atoms with Gasteiger partial charge in [-0.1, -0.05) is 12.1 Å². The third kappa shape index (κ3) is 3.59. The topological polar surface area (TPSA) is 38.3 Å². The Bertz CT molecular complexity index is 671. The Kier molecular flexibility index (Phi) is 4.72. The number of benzene rings is 2. The first-order chi connectivity index (χ1) is 11.1. The van der Waals surface area contributed by atoms with Gasteiger partial charge in [0.25, 0.3) is 0 Å². The largest absolute Gasteiger partial charge is 0.382 e. The molecule has 0 amide bonds. The van der Waals surface area contributed by atoms with Crippen LogP contribution >= 0.6 is 0 Å². The molecular weight excluding hydrogens is 293 g/mol. The van der Waals surface area contributed by atoms with Crippen molar-refractivity contribution >= 4 is 11.5 Å². The summed E-state index contributed by atoms with van der Waals surface area (Å²) in [5.74, 6) is -0.752. The van der Waals surface area contributed by atoms with Crippen LogP contribution in [0.25, 0.3) is 0 Å². The van der Waals surface area contributed by atoms with Gasteiger partial charge in [-0.25, -0.2) is 4.39 Å². The van der Waals surface area contributed by atoms with Crippen molar-refractivity contribution in [3.63, 3.8) is 0 Å². The highest BCUT2D eigenvalue weighted by Gasteiger charge is 2.17. The number of carbonyl (C=O) groups excluding carboxylic acids is 1. The van der Waals surface area contributed by atoms with E-state index >= 15 is 0 Å². The molecule has 0 bridgehead atoms. The number of nitrogens with one attached hydrogen (secondary N) is 1. The lowest BCUT2D eigenvalue weighted by atomic mass is 9.98. The molecule has 1 heterocycles. The predicted octanol–water partition coefficient (Wildman–Crippen LogP) is 3.96. The van der Waals surface area contributed by atoms with E-state index in [-0.39, 0.29) is 11.3 Å². The van der Waals surface area contributed by atoms with Crippen molar-refractivity contribution in [3.05, 3.63) is 65.0 Å². The fraction of sp³-hybridized carbons (Fsp3) is 0.316. The lowest BCUT2D eigenvalue weighted by Crippen LogP contribution is -2.27. The van der Waals surface area contributed by atoms with Crippen LogP contribution in [0.1, 0.15) is 34.3 Å². The number of halogens is 1. The summed E-state index contributed by atoms with van der Waals surface area (Å²) in [6.07, 6.45) is 1.96. The van der Waals surface area contributed by atoms with Crippen molar-refractivity contribution in [2.45, 2.75) is 25.8 Å². The molecule has 0 radical (unpaired) electrons. The van der Waals surface area contributed by atoms with Gasteiger partial charge in [0.15, 0.2) is 5.78 Å². The Balaban J connectivity index is 1.75. The highest BCUT2D eigenvalue weighted by atomic mass is 19.1. The van der Waals surface area contributed by atoms with Crippen LogP contribution in [0, 0.1) is 12.7 Å². The average Bonchev–Trinajstić information content (AvgIpc) is 2.56. The van der Waals surface area contributed by atoms with Crippen molar-refractivity contribution in [2.24, 2.45) is 0 Å². The molecule has 1 N–H and O–H groups in total. The van der Waals surface area contributed by atoms with Gasteiger partial charge in [-0.05, 0) is 55.7 Å². The lowest BCUT2D eigenvalue weighted by molar-refractivity contribution is 0.0904. The molecule has 0 aromatic heterocycles. The number of rotatable bonds is 4. The molecule has 1 aliphatic rings. The van der Waals surface area contributed by atoms with Crippen LogP contribution in [0.5, 0.6) is 0 Å². The van der Waals surface area contributed by atoms with Crippen molar-refractivity contribution in [3.8, 4) is 0 Å². The fourth-order valence-electron chi connectivity index (χ4n) is 2.86. The summed E-state index contributed by atoms with van der Waals surface area (Å²) >= 11 is 0. The first-order valence-corrected chi connectivity index (χ1v) is 7.89. The van der Waals surface area contributed by atoms with Crippen molar-refractivity contribution in [2.75, 3.05) is 18.5 Å². The summed E-state index contributed by atoms with van der Waals surface area (Å²) in [5.41, 5.74) is 2.27. The summed E-state index contributed by atoms with van der Waals surface area (Å²) in [6.45, 7) is 3.30. The highest BCUT2D eigenvalue weighted by Crippen LogP contribution is 2.20. The van der Waals surface area contributed by atoms with Gasteiger partial charge in [0, 0.05) is 30.5 Å². The zero-order valence-electron chi connectivity index (χ0n) is 13.1. The number of hydrogen-bond acceptors (Lipinski definition) is 3. The minimum Gasteiger partial charge on any atom is -0.382 e. The number of hydrogen-bond donors (Lipinski definition) is 1. The second-order valence-corrected chi connectivity index (χ2v) is 5.87. The lowest BCUT2D eigenvalue weighted by Gasteiger charge is -2.24. The maximum absolute atomic E-state index is 13.9. The van der Waals surface area contributed by atoms with E-state index in [1.165, 1.54) is 6.07 Å². The van der Waals surface area contributed by atoms with E-state index < -0.39 is 5.82 Å². The van der Waals surface area contributed by atoms with Gasteiger partial charge in [0.05, 0.1) is 5.56 Å². The van der Waals surface area contributed by atoms with E-state index in [2.05, 4.69) is 5.32 Å². The van der Waals surface area contributed by atoms with Crippen LogP contribution in [0.3, 0.4) is 0 Å². The Hall–Kier alpha value is -2.20. The highest BCUT2D eigenvalue weighted by molar-refractivity contribution is 6.10. The van der Waals surface area contributed by atoms with Gasteiger partial charge in [0.2, 0.25) is 0 Å². The van der Waals surface area contributed by atoms with Crippen LogP contribution in [-0.4, -0.2) is 25.0 Å². The normalized spacial score (nSPS) is 15.4. The van der Waals surface area contributed by atoms with E-state index in [1.54, 1.807) is 31.2 Å². The number of ketones is 1. The monoisotopic (exact) mass is 313 g/mol. The SMILES string of the molecule is Cc1cccc(F)c1C(=O)c1ccc(NC2CCOCC2)cc1.